The van der Waals surface area contributed by atoms with Gasteiger partial charge in [0.25, 0.3) is 0 Å². The molecule has 5 nitrogen and oxygen atoms in total. The number of allylic oxidation sites excluding steroid dienone is 1. The van der Waals surface area contributed by atoms with Crippen molar-refractivity contribution in [2.45, 2.75) is 12.5 Å². The quantitative estimate of drug-likeness (QED) is 0.621. The lowest BCUT2D eigenvalue weighted by Crippen LogP contribution is -2.33. The van der Waals surface area contributed by atoms with Gasteiger partial charge in [-0.25, -0.2) is 10.1 Å². The molecule has 2 aliphatic rings. The van der Waals surface area contributed by atoms with Crippen LogP contribution in [0.5, 0.6) is 11.5 Å². The Morgan fingerprint density at radius 1 is 1.35 bits per heavy atom. The number of halogens is 2. The van der Waals surface area contributed by atoms with Gasteiger partial charge in [-0.3, -0.25) is 4.84 Å². The highest BCUT2D eigenvalue weighted by atomic mass is 35.5. The first-order chi connectivity index (χ1) is 9.61. The van der Waals surface area contributed by atoms with Gasteiger partial charge in [-0.1, -0.05) is 23.2 Å². The third-order valence-electron chi connectivity index (χ3n) is 3.13. The van der Waals surface area contributed by atoms with E-state index in [1.165, 1.54) is 12.2 Å². The summed E-state index contributed by atoms with van der Waals surface area (Å²) in [6.07, 6.45) is 0. The number of nitrogens with zero attached hydrogens (tertiary/aromatic N) is 2. The Bertz CT molecular complexity index is 616. The van der Waals surface area contributed by atoms with E-state index in [4.69, 9.17) is 37.5 Å². The molecule has 7 heteroatoms. The van der Waals surface area contributed by atoms with E-state index >= 15 is 0 Å². The van der Waals surface area contributed by atoms with Crippen molar-refractivity contribution >= 4 is 28.9 Å². The van der Waals surface area contributed by atoms with Crippen LogP contribution in [0, 0.1) is 0 Å². The fourth-order valence-electron chi connectivity index (χ4n) is 2.11. The monoisotopic (exact) mass is 314 g/mol. The highest BCUT2D eigenvalue weighted by molar-refractivity contribution is 6.34. The molecule has 0 fully saturated rings. The van der Waals surface area contributed by atoms with E-state index < -0.39 is 5.62 Å². The van der Waals surface area contributed by atoms with Crippen molar-refractivity contribution in [1.82, 2.24) is 5.06 Å². The predicted octanol–water partition coefficient (Wildman–Crippen LogP) is 3.07. The van der Waals surface area contributed by atoms with E-state index in [2.05, 4.69) is 4.99 Å². The summed E-state index contributed by atoms with van der Waals surface area (Å²) in [6, 6.07) is 5.60. The molecule has 1 unspecified atom stereocenters. The molecule has 0 spiro atoms. The second-order valence-corrected chi connectivity index (χ2v) is 5.03. The van der Waals surface area contributed by atoms with Crippen molar-refractivity contribution in [2.75, 3.05) is 13.9 Å². The summed E-state index contributed by atoms with van der Waals surface area (Å²) in [6.45, 7) is 2.09. The van der Waals surface area contributed by atoms with E-state index in [0.29, 0.717) is 16.6 Å². The predicted molar refractivity (Wildman–Crippen MR) is 76.1 cm³/mol. The lowest BCUT2D eigenvalue weighted by molar-refractivity contribution is -0.104. The molecule has 20 heavy (non-hydrogen) atoms. The first kappa shape index (κ1) is 13.5. The van der Waals surface area contributed by atoms with E-state index in [1.54, 1.807) is 0 Å². The minimum atomic E-state index is -0.711. The van der Waals surface area contributed by atoms with Crippen LogP contribution in [0.3, 0.4) is 0 Å². The maximum Gasteiger partial charge on any atom is 0.231 e. The van der Waals surface area contributed by atoms with Gasteiger partial charge in [-0.15, -0.1) is 0 Å². The molecule has 0 radical (unpaired) electrons. The molecule has 1 aromatic rings. The number of rotatable bonds is 2. The highest BCUT2D eigenvalue weighted by Gasteiger charge is 2.28. The Balaban J connectivity index is 2.02. The van der Waals surface area contributed by atoms with Crippen molar-refractivity contribution in [2.24, 2.45) is 4.99 Å². The summed E-state index contributed by atoms with van der Waals surface area (Å²) in [5, 5.41) is 1.75. The number of hydrogen-bond donors (Lipinski definition) is 0. The maximum atomic E-state index is 6.25. The first-order valence-electron chi connectivity index (χ1n) is 5.94. The Hall–Kier alpha value is -1.43. The van der Waals surface area contributed by atoms with Crippen LogP contribution in [0.1, 0.15) is 12.5 Å². The van der Waals surface area contributed by atoms with Gasteiger partial charge < -0.3 is 9.47 Å². The third kappa shape index (κ3) is 2.12. The molecule has 0 N–H and O–H groups in total. The van der Waals surface area contributed by atoms with E-state index in [9.17, 15) is 0 Å². The van der Waals surface area contributed by atoms with Crippen molar-refractivity contribution in [3.05, 3.63) is 34.5 Å². The molecule has 1 atom stereocenters. The summed E-state index contributed by atoms with van der Waals surface area (Å²) in [5.74, 6) is 1.41. The average Bonchev–Trinajstić information content (AvgIpc) is 2.90. The molecule has 0 aliphatic carbocycles. The van der Waals surface area contributed by atoms with Crippen molar-refractivity contribution in [3.63, 3.8) is 0 Å². The van der Waals surface area contributed by atoms with Crippen LogP contribution in [0.4, 0.5) is 0 Å². The Morgan fingerprint density at radius 2 is 2.10 bits per heavy atom. The minimum Gasteiger partial charge on any atom is -0.454 e. The first-order valence-corrected chi connectivity index (χ1v) is 6.75. The van der Waals surface area contributed by atoms with E-state index in [0.717, 1.165) is 16.9 Å². The lowest BCUT2D eigenvalue weighted by atomic mass is 10.0. The number of benzene rings is 1. The van der Waals surface area contributed by atoms with Crippen LogP contribution < -0.4 is 9.47 Å². The zero-order chi connectivity index (χ0) is 14.3. The van der Waals surface area contributed by atoms with Crippen LogP contribution in [0.25, 0.3) is 0 Å². The minimum absolute atomic E-state index is 0.233. The van der Waals surface area contributed by atoms with E-state index in [-0.39, 0.29) is 6.79 Å². The molecular weight excluding hydrogens is 303 g/mol. The Kier molecular flexibility index (Phi) is 3.50. The number of hydroxylamine groups is 2. The van der Waals surface area contributed by atoms with E-state index in [1.807, 2.05) is 25.1 Å². The molecule has 106 valence electrons. The van der Waals surface area contributed by atoms with Crippen molar-refractivity contribution in [1.29, 1.82) is 0 Å². The number of hydrogen-bond acceptors (Lipinski definition) is 5. The van der Waals surface area contributed by atoms with Crippen molar-refractivity contribution < 1.29 is 14.3 Å². The molecule has 0 saturated heterocycles. The number of alkyl halides is 1. The van der Waals surface area contributed by atoms with Crippen LogP contribution in [-0.4, -0.2) is 30.3 Å². The van der Waals surface area contributed by atoms with Gasteiger partial charge >= 0.3 is 0 Å². The second-order valence-electron chi connectivity index (χ2n) is 4.28. The van der Waals surface area contributed by atoms with Crippen LogP contribution >= 0.6 is 23.2 Å². The molecule has 3 rings (SSSR count). The summed E-state index contributed by atoms with van der Waals surface area (Å²) in [4.78, 5) is 9.51. The van der Waals surface area contributed by atoms with Gasteiger partial charge in [-0.05, 0) is 25.1 Å². The smallest absolute Gasteiger partial charge is 0.231 e. The third-order valence-corrected chi connectivity index (χ3v) is 3.85. The normalized spacial score (nSPS) is 21.3. The molecular formula is C13H12Cl2N2O3. The molecule has 0 saturated carbocycles. The number of aliphatic imine (C=N–C) groups is 1. The van der Waals surface area contributed by atoms with Gasteiger partial charge in [0.15, 0.2) is 11.5 Å². The summed E-state index contributed by atoms with van der Waals surface area (Å²) in [5.41, 5.74) is 1.65. The fourth-order valence-corrected chi connectivity index (χ4v) is 2.69. The van der Waals surface area contributed by atoms with Crippen LogP contribution in [0.15, 0.2) is 33.9 Å². The molecule has 0 aromatic heterocycles. The molecule has 2 aliphatic heterocycles. The fraction of sp³-hybridized carbons (Fsp3) is 0.308. The molecule has 0 amide bonds. The average molecular weight is 315 g/mol. The second kappa shape index (κ2) is 5.16. The summed E-state index contributed by atoms with van der Waals surface area (Å²) < 4.78 is 10.7. The summed E-state index contributed by atoms with van der Waals surface area (Å²) >= 11 is 12.4. The largest absolute Gasteiger partial charge is 0.454 e. The molecule has 1 aromatic carbocycles. The van der Waals surface area contributed by atoms with Gasteiger partial charge in [0.05, 0.1) is 12.8 Å². The molecule has 0 bridgehead atoms. The van der Waals surface area contributed by atoms with Gasteiger partial charge in [0, 0.05) is 11.1 Å². The van der Waals surface area contributed by atoms with Gasteiger partial charge in [-0.2, -0.15) is 0 Å². The lowest BCUT2D eigenvalue weighted by Gasteiger charge is -2.29. The maximum absolute atomic E-state index is 6.25. The SMILES string of the molecule is CON1C(Cl)=C(C)C(c2ccc3c(c2)OCO3)=NC1Cl. The van der Waals surface area contributed by atoms with Gasteiger partial charge in [0.2, 0.25) is 12.4 Å². The topological polar surface area (TPSA) is 43.3 Å². The number of ether oxygens (including phenoxy) is 2. The van der Waals surface area contributed by atoms with Crippen LogP contribution in [-0.2, 0) is 4.84 Å². The van der Waals surface area contributed by atoms with Crippen molar-refractivity contribution in [3.8, 4) is 11.5 Å². The zero-order valence-corrected chi connectivity index (χ0v) is 12.4. The number of fused-ring (bicyclic) bond motifs is 1. The Labute approximate surface area is 126 Å². The zero-order valence-electron chi connectivity index (χ0n) is 10.9. The Morgan fingerprint density at radius 3 is 2.85 bits per heavy atom. The van der Waals surface area contributed by atoms with Gasteiger partial charge in [0.1, 0.15) is 5.16 Å². The highest BCUT2D eigenvalue weighted by Crippen LogP contribution is 2.35. The van der Waals surface area contributed by atoms with Crippen LogP contribution in [0.2, 0.25) is 0 Å². The summed E-state index contributed by atoms with van der Waals surface area (Å²) in [7, 11) is 1.49. The molecule has 2 heterocycles. The standard InChI is InChI=1S/C13H12Cl2N2O3/c1-7-11(16-13(15)17(18-2)12(7)14)8-3-4-9-10(5-8)20-6-19-9/h3-5,13H,6H2,1-2H3.